The van der Waals surface area contributed by atoms with Crippen molar-refractivity contribution in [2.75, 3.05) is 5.32 Å². The second-order valence-corrected chi connectivity index (χ2v) is 6.51. The summed E-state index contributed by atoms with van der Waals surface area (Å²) in [5.74, 6) is -0.724. The van der Waals surface area contributed by atoms with Gasteiger partial charge in [-0.25, -0.2) is 0 Å². The Labute approximate surface area is 163 Å². The number of anilines is 1. The Bertz CT molecular complexity index is 890. The number of benzene rings is 2. The second kappa shape index (κ2) is 8.57. The predicted molar refractivity (Wildman–Crippen MR) is 99.2 cm³/mol. The van der Waals surface area contributed by atoms with Crippen molar-refractivity contribution in [1.29, 1.82) is 0 Å². The summed E-state index contributed by atoms with van der Waals surface area (Å²) in [6, 6.07) is 7.93. The number of nitrogens with one attached hydrogen (secondary N) is 2. The molecule has 2 atom stereocenters. The summed E-state index contributed by atoms with van der Waals surface area (Å²) in [4.78, 5) is 22.2. The van der Waals surface area contributed by atoms with Gasteiger partial charge in [0, 0.05) is 23.2 Å². The summed E-state index contributed by atoms with van der Waals surface area (Å²) in [6.07, 6.45) is -4.86. The van der Waals surface area contributed by atoms with Crippen LogP contribution >= 0.6 is 11.6 Å². The number of carbonyl (C=O) groups is 1. The SMILES string of the molecule is C[C@H](N[C@@H](C)c1ccccc1Cl)C(=O)Nc1ccc([N+](=O)[O-])cc1C(F)(F)F. The Morgan fingerprint density at radius 2 is 1.82 bits per heavy atom. The molecule has 0 radical (unpaired) electrons. The van der Waals surface area contributed by atoms with Crippen LogP contribution in [0.3, 0.4) is 0 Å². The zero-order valence-corrected chi connectivity index (χ0v) is 15.6. The van der Waals surface area contributed by atoms with Crippen molar-refractivity contribution >= 4 is 28.9 Å². The number of amides is 1. The minimum absolute atomic E-state index is 0.339. The van der Waals surface area contributed by atoms with E-state index >= 15 is 0 Å². The van der Waals surface area contributed by atoms with Gasteiger partial charge in [-0.3, -0.25) is 20.2 Å². The van der Waals surface area contributed by atoms with Crippen LogP contribution in [0.5, 0.6) is 0 Å². The van der Waals surface area contributed by atoms with Crippen molar-refractivity contribution in [3.8, 4) is 0 Å². The van der Waals surface area contributed by atoms with Crippen LogP contribution in [0.15, 0.2) is 42.5 Å². The van der Waals surface area contributed by atoms with Crippen LogP contribution in [-0.2, 0) is 11.0 Å². The van der Waals surface area contributed by atoms with E-state index in [1.807, 2.05) is 0 Å². The fourth-order valence-corrected chi connectivity index (χ4v) is 2.90. The molecular formula is C18H17ClF3N3O3. The Balaban J connectivity index is 2.17. The van der Waals surface area contributed by atoms with Crippen molar-refractivity contribution in [3.63, 3.8) is 0 Å². The predicted octanol–water partition coefficient (Wildman–Crippen LogP) is 4.94. The monoisotopic (exact) mass is 415 g/mol. The molecule has 2 aromatic rings. The fourth-order valence-electron chi connectivity index (χ4n) is 2.60. The molecule has 150 valence electrons. The molecule has 0 heterocycles. The van der Waals surface area contributed by atoms with E-state index in [2.05, 4.69) is 10.6 Å². The van der Waals surface area contributed by atoms with Gasteiger partial charge in [0.25, 0.3) is 5.69 Å². The Morgan fingerprint density at radius 3 is 2.39 bits per heavy atom. The zero-order valence-electron chi connectivity index (χ0n) is 14.9. The number of rotatable bonds is 6. The standard InChI is InChI=1S/C18H17ClF3N3O3/c1-10(13-5-3-4-6-15(13)19)23-11(2)17(26)24-16-8-7-12(25(27)28)9-14(16)18(20,21)22/h3-11,23H,1-2H3,(H,24,26)/t10-,11-/m0/s1. The van der Waals surface area contributed by atoms with Gasteiger partial charge >= 0.3 is 6.18 Å². The lowest BCUT2D eigenvalue weighted by atomic mass is 10.1. The summed E-state index contributed by atoms with van der Waals surface area (Å²) in [5, 5.41) is 16.4. The first-order chi connectivity index (χ1) is 13.0. The number of non-ortho nitro benzene ring substituents is 1. The van der Waals surface area contributed by atoms with Gasteiger partial charge in [-0.15, -0.1) is 0 Å². The number of nitro groups is 1. The van der Waals surface area contributed by atoms with E-state index in [4.69, 9.17) is 11.6 Å². The van der Waals surface area contributed by atoms with Gasteiger partial charge in [0.15, 0.2) is 0 Å². The molecule has 0 spiro atoms. The molecular weight excluding hydrogens is 399 g/mol. The topological polar surface area (TPSA) is 84.3 Å². The lowest BCUT2D eigenvalue weighted by Crippen LogP contribution is -2.39. The number of nitrogens with zero attached hydrogens (tertiary/aromatic N) is 1. The molecule has 0 bridgehead atoms. The maximum atomic E-state index is 13.2. The summed E-state index contributed by atoms with van der Waals surface area (Å²) < 4.78 is 39.6. The molecule has 1 amide bonds. The average Bonchev–Trinajstić information content (AvgIpc) is 2.61. The van der Waals surface area contributed by atoms with Crippen LogP contribution in [0.4, 0.5) is 24.5 Å². The van der Waals surface area contributed by atoms with Crippen LogP contribution < -0.4 is 10.6 Å². The van der Waals surface area contributed by atoms with Crippen molar-refractivity contribution in [3.05, 3.63) is 68.7 Å². The van der Waals surface area contributed by atoms with Crippen molar-refractivity contribution in [1.82, 2.24) is 5.32 Å². The highest BCUT2D eigenvalue weighted by Gasteiger charge is 2.36. The number of carbonyl (C=O) groups excluding carboxylic acids is 1. The smallest absolute Gasteiger partial charge is 0.324 e. The molecule has 2 N–H and O–H groups in total. The van der Waals surface area contributed by atoms with E-state index in [9.17, 15) is 28.1 Å². The molecule has 2 rings (SSSR count). The second-order valence-electron chi connectivity index (χ2n) is 6.11. The van der Waals surface area contributed by atoms with Crippen molar-refractivity contribution < 1.29 is 22.9 Å². The number of alkyl halides is 3. The maximum absolute atomic E-state index is 13.2. The van der Waals surface area contributed by atoms with Gasteiger partial charge in [0.2, 0.25) is 5.91 Å². The van der Waals surface area contributed by atoms with Gasteiger partial charge in [0.1, 0.15) is 0 Å². The zero-order chi connectivity index (χ0) is 21.1. The van der Waals surface area contributed by atoms with Gasteiger partial charge in [-0.1, -0.05) is 29.8 Å². The minimum Gasteiger partial charge on any atom is -0.324 e. The first kappa shape index (κ1) is 21.6. The van der Waals surface area contributed by atoms with Crippen molar-refractivity contribution in [2.45, 2.75) is 32.1 Å². The molecule has 0 aliphatic carbocycles. The minimum atomic E-state index is -4.86. The van der Waals surface area contributed by atoms with Crippen LogP contribution in [0.25, 0.3) is 0 Å². The third-order valence-corrected chi connectivity index (χ3v) is 4.39. The molecule has 0 aliphatic heterocycles. The molecule has 28 heavy (non-hydrogen) atoms. The molecule has 0 unspecified atom stereocenters. The highest BCUT2D eigenvalue weighted by atomic mass is 35.5. The molecule has 0 aliphatic rings. The average molecular weight is 416 g/mol. The number of halogens is 4. The van der Waals surface area contributed by atoms with E-state index in [0.717, 1.165) is 17.7 Å². The van der Waals surface area contributed by atoms with Crippen LogP contribution in [0.1, 0.15) is 31.0 Å². The molecule has 0 saturated heterocycles. The number of nitro benzene ring substituents is 1. The molecule has 0 saturated carbocycles. The van der Waals surface area contributed by atoms with Gasteiger partial charge < -0.3 is 5.32 Å². The van der Waals surface area contributed by atoms with E-state index in [-0.39, 0.29) is 6.04 Å². The number of hydrogen-bond acceptors (Lipinski definition) is 4. The van der Waals surface area contributed by atoms with E-state index < -0.39 is 40.0 Å². The molecule has 2 aromatic carbocycles. The van der Waals surface area contributed by atoms with E-state index in [0.29, 0.717) is 11.1 Å². The maximum Gasteiger partial charge on any atom is 0.418 e. The largest absolute Gasteiger partial charge is 0.418 e. The third kappa shape index (κ3) is 5.20. The first-order valence-electron chi connectivity index (χ1n) is 8.17. The summed E-state index contributed by atoms with van der Waals surface area (Å²) >= 11 is 6.10. The fraction of sp³-hybridized carbons (Fsp3) is 0.278. The lowest BCUT2D eigenvalue weighted by Gasteiger charge is -2.21. The Hall–Kier alpha value is -2.65. The Morgan fingerprint density at radius 1 is 1.18 bits per heavy atom. The lowest BCUT2D eigenvalue weighted by molar-refractivity contribution is -0.385. The highest BCUT2D eigenvalue weighted by Crippen LogP contribution is 2.37. The van der Waals surface area contributed by atoms with E-state index in [1.54, 1.807) is 31.2 Å². The normalized spacial score (nSPS) is 13.6. The molecule has 0 aromatic heterocycles. The van der Waals surface area contributed by atoms with E-state index in [1.165, 1.54) is 6.92 Å². The van der Waals surface area contributed by atoms with Crippen LogP contribution in [0, 0.1) is 10.1 Å². The molecule has 10 heteroatoms. The van der Waals surface area contributed by atoms with Crippen LogP contribution in [-0.4, -0.2) is 16.9 Å². The molecule has 6 nitrogen and oxygen atoms in total. The summed E-state index contributed by atoms with van der Waals surface area (Å²) in [6.45, 7) is 3.25. The highest BCUT2D eigenvalue weighted by molar-refractivity contribution is 6.31. The van der Waals surface area contributed by atoms with Gasteiger partial charge in [-0.2, -0.15) is 13.2 Å². The quantitative estimate of drug-likeness (QED) is 0.516. The van der Waals surface area contributed by atoms with Crippen molar-refractivity contribution in [2.24, 2.45) is 0 Å². The summed E-state index contributed by atoms with van der Waals surface area (Å²) in [5.41, 5.74) is -1.83. The Kier molecular flexibility index (Phi) is 6.63. The third-order valence-electron chi connectivity index (χ3n) is 4.04. The summed E-state index contributed by atoms with van der Waals surface area (Å²) in [7, 11) is 0. The van der Waals surface area contributed by atoms with Crippen LogP contribution in [0.2, 0.25) is 5.02 Å². The van der Waals surface area contributed by atoms with Gasteiger partial charge in [0.05, 0.1) is 22.2 Å². The molecule has 0 fully saturated rings. The van der Waals surface area contributed by atoms with Gasteiger partial charge in [-0.05, 0) is 31.5 Å². The number of hydrogen-bond donors (Lipinski definition) is 2. The first-order valence-corrected chi connectivity index (χ1v) is 8.55.